The molecule has 7 nitrogen and oxygen atoms in total. The van der Waals surface area contributed by atoms with Crippen molar-refractivity contribution < 1.29 is 4.74 Å². The number of nitriles is 2. The molecule has 33 heavy (non-hydrogen) atoms. The summed E-state index contributed by atoms with van der Waals surface area (Å²) < 4.78 is 7.37. The van der Waals surface area contributed by atoms with Gasteiger partial charge in [0.2, 0.25) is 0 Å². The van der Waals surface area contributed by atoms with Crippen LogP contribution in [0.5, 0.6) is 0 Å². The van der Waals surface area contributed by atoms with Crippen molar-refractivity contribution in [2.45, 2.75) is 53.1 Å². The lowest BCUT2D eigenvalue weighted by Gasteiger charge is -2.10. The van der Waals surface area contributed by atoms with Gasteiger partial charge in [-0.1, -0.05) is 0 Å². The highest BCUT2D eigenvalue weighted by molar-refractivity contribution is 7.15. The third kappa shape index (κ3) is 4.28. The van der Waals surface area contributed by atoms with E-state index in [-0.39, 0.29) is 0 Å². The molecule has 0 radical (unpaired) electrons. The molecule has 3 aromatic rings. The second-order valence-corrected chi connectivity index (χ2v) is 9.31. The van der Waals surface area contributed by atoms with E-state index in [1.54, 1.807) is 24.7 Å². The van der Waals surface area contributed by atoms with Crippen LogP contribution in [0.4, 0.5) is 5.82 Å². The molecule has 4 rings (SSSR count). The lowest BCUT2D eigenvalue weighted by Crippen LogP contribution is -2.04. The summed E-state index contributed by atoms with van der Waals surface area (Å²) in [6, 6.07) is 8.56. The average molecular weight is 459 g/mol. The Balaban J connectivity index is 1.66. The van der Waals surface area contributed by atoms with Crippen LogP contribution in [0.25, 0.3) is 5.00 Å². The summed E-state index contributed by atoms with van der Waals surface area (Å²) in [6.07, 6.45) is 6.12. The van der Waals surface area contributed by atoms with Crippen molar-refractivity contribution in [3.63, 3.8) is 0 Å². The molecule has 1 aliphatic rings. The number of aromatic nitrogens is 2. The monoisotopic (exact) mass is 458 g/mol. The molecule has 0 aromatic carbocycles. The molecule has 0 amide bonds. The lowest BCUT2D eigenvalue weighted by molar-refractivity contribution is 0.184. The molecule has 0 unspecified atom stereocenters. The van der Waals surface area contributed by atoms with Gasteiger partial charge in [0, 0.05) is 40.2 Å². The molecule has 3 heterocycles. The van der Waals surface area contributed by atoms with Crippen molar-refractivity contribution in [1.29, 1.82) is 10.5 Å². The van der Waals surface area contributed by atoms with Crippen LogP contribution in [0.15, 0.2) is 17.2 Å². The first kappa shape index (κ1) is 22.7. The van der Waals surface area contributed by atoms with Gasteiger partial charge in [0.15, 0.2) is 5.82 Å². The summed E-state index contributed by atoms with van der Waals surface area (Å²) in [7, 11) is 1.60. The van der Waals surface area contributed by atoms with Crippen LogP contribution in [0.3, 0.4) is 0 Å². The minimum atomic E-state index is 0.331. The Morgan fingerprint density at radius 2 is 1.94 bits per heavy atom. The second kappa shape index (κ2) is 9.58. The zero-order valence-corrected chi connectivity index (χ0v) is 20.1. The number of thiophene rings is 1. The number of fused-ring (bicyclic) bond motifs is 1. The number of methoxy groups -OCH3 is 1. The molecule has 168 valence electrons. The predicted octanol–water partition coefficient (Wildman–Crippen LogP) is 5.07. The summed E-state index contributed by atoms with van der Waals surface area (Å²) in [5.74, 6) is 0.410. The van der Waals surface area contributed by atoms with Gasteiger partial charge in [0.05, 0.1) is 18.4 Å². The van der Waals surface area contributed by atoms with Crippen molar-refractivity contribution in [3.8, 4) is 17.1 Å². The van der Waals surface area contributed by atoms with Crippen molar-refractivity contribution in [3.05, 3.63) is 61.9 Å². The summed E-state index contributed by atoms with van der Waals surface area (Å²) in [4.78, 5) is 5.77. The number of aryl methyl sites for hydroxylation is 3. The van der Waals surface area contributed by atoms with Gasteiger partial charge in [0.25, 0.3) is 0 Å². The summed E-state index contributed by atoms with van der Waals surface area (Å²) in [6.45, 7) is 6.29. The van der Waals surface area contributed by atoms with Crippen LogP contribution >= 0.6 is 11.3 Å². The maximum absolute atomic E-state index is 9.88. The van der Waals surface area contributed by atoms with Crippen LogP contribution in [0.2, 0.25) is 0 Å². The van der Waals surface area contributed by atoms with Gasteiger partial charge in [-0.25, -0.2) is 4.98 Å². The Bertz CT molecular complexity index is 1320. The van der Waals surface area contributed by atoms with Crippen molar-refractivity contribution >= 4 is 23.4 Å². The van der Waals surface area contributed by atoms with Gasteiger partial charge in [-0.05, 0) is 64.2 Å². The van der Waals surface area contributed by atoms with Crippen molar-refractivity contribution in [2.24, 2.45) is 5.10 Å². The maximum Gasteiger partial charge on any atom is 0.164 e. The number of pyridine rings is 1. The zero-order chi connectivity index (χ0) is 23.5. The van der Waals surface area contributed by atoms with Gasteiger partial charge in [0.1, 0.15) is 22.7 Å². The molecule has 3 aromatic heterocycles. The van der Waals surface area contributed by atoms with E-state index in [2.05, 4.69) is 38.3 Å². The molecule has 0 fully saturated rings. The van der Waals surface area contributed by atoms with E-state index in [4.69, 9.17) is 4.74 Å². The fourth-order valence-corrected chi connectivity index (χ4v) is 5.88. The van der Waals surface area contributed by atoms with Gasteiger partial charge in [-0.15, -0.1) is 11.3 Å². The van der Waals surface area contributed by atoms with Gasteiger partial charge < -0.3 is 9.30 Å². The summed E-state index contributed by atoms with van der Waals surface area (Å²) in [5.41, 5.74) is 9.97. The Morgan fingerprint density at radius 3 is 2.67 bits per heavy atom. The van der Waals surface area contributed by atoms with Crippen molar-refractivity contribution in [1.82, 2.24) is 9.55 Å². The number of nitrogens with zero attached hydrogens (tertiary/aromatic N) is 5. The molecule has 0 saturated carbocycles. The third-order valence-electron chi connectivity index (χ3n) is 5.95. The Morgan fingerprint density at radius 1 is 1.18 bits per heavy atom. The highest BCUT2D eigenvalue weighted by Gasteiger charge is 2.23. The highest BCUT2D eigenvalue weighted by atomic mass is 32.1. The smallest absolute Gasteiger partial charge is 0.164 e. The fraction of sp³-hybridized carbons (Fsp3) is 0.360. The van der Waals surface area contributed by atoms with Crippen LogP contribution in [-0.4, -0.2) is 22.9 Å². The van der Waals surface area contributed by atoms with Crippen molar-refractivity contribution in [2.75, 3.05) is 12.5 Å². The molecule has 0 atom stereocenters. The first-order chi connectivity index (χ1) is 16.0. The molecule has 0 saturated heterocycles. The van der Waals surface area contributed by atoms with E-state index in [9.17, 15) is 10.5 Å². The fourth-order valence-electron chi connectivity index (χ4n) is 4.43. The SMILES string of the molecule is COCc1cc(C)nc(NN=Cc2cc(C)n(-c3sc4c(c3C#N)CCCC4)c2C)c1C#N. The van der Waals surface area contributed by atoms with Crippen LogP contribution in [0, 0.1) is 43.4 Å². The molecule has 0 aliphatic heterocycles. The summed E-state index contributed by atoms with van der Waals surface area (Å²) in [5, 5.41) is 24.9. The highest BCUT2D eigenvalue weighted by Crippen LogP contribution is 2.38. The number of hydrogen-bond acceptors (Lipinski definition) is 7. The topological polar surface area (TPSA) is 99.0 Å². The minimum absolute atomic E-state index is 0.331. The van der Waals surface area contributed by atoms with Crippen LogP contribution in [0.1, 0.15) is 62.6 Å². The van der Waals surface area contributed by atoms with Gasteiger partial charge in [-0.3, -0.25) is 5.43 Å². The zero-order valence-electron chi connectivity index (χ0n) is 19.3. The van der Waals surface area contributed by atoms with E-state index in [1.165, 1.54) is 16.9 Å². The van der Waals surface area contributed by atoms with E-state index >= 15 is 0 Å². The van der Waals surface area contributed by atoms with Gasteiger partial charge >= 0.3 is 0 Å². The lowest BCUT2D eigenvalue weighted by atomic mass is 9.96. The first-order valence-corrected chi connectivity index (χ1v) is 11.7. The first-order valence-electron chi connectivity index (χ1n) is 10.9. The Kier molecular flexibility index (Phi) is 6.60. The molecular formula is C25H26N6OS. The standard InChI is InChI=1S/C25H26N6OS/c1-15-9-19(14-32-4)21(11-26)24(29-15)30-28-13-18-10-16(2)31(17(18)3)25-22(12-27)20-7-5-6-8-23(20)33-25/h9-10,13H,5-8,14H2,1-4H3,(H,29,30). The molecule has 0 bridgehead atoms. The molecular weight excluding hydrogens is 432 g/mol. The largest absolute Gasteiger partial charge is 0.380 e. The molecule has 1 aliphatic carbocycles. The van der Waals surface area contributed by atoms with E-state index in [0.29, 0.717) is 18.0 Å². The van der Waals surface area contributed by atoms with E-state index in [1.807, 2.05) is 26.8 Å². The molecule has 0 spiro atoms. The number of hydrogen-bond donors (Lipinski definition) is 1. The Labute approximate surface area is 198 Å². The van der Waals surface area contributed by atoms with Crippen LogP contribution < -0.4 is 5.43 Å². The number of rotatable bonds is 6. The second-order valence-electron chi connectivity index (χ2n) is 8.23. The van der Waals surface area contributed by atoms with Crippen LogP contribution in [-0.2, 0) is 24.2 Å². The third-order valence-corrected chi connectivity index (χ3v) is 7.23. The van der Waals surface area contributed by atoms with E-state index < -0.39 is 0 Å². The normalized spacial score (nSPS) is 13.0. The maximum atomic E-state index is 9.88. The molecule has 1 N–H and O–H groups in total. The molecule has 8 heteroatoms. The quantitative estimate of drug-likeness (QED) is 0.410. The average Bonchev–Trinajstić information content (AvgIpc) is 3.29. The number of hydrazone groups is 1. The van der Waals surface area contributed by atoms with Gasteiger partial charge in [-0.2, -0.15) is 15.6 Å². The number of anilines is 1. The number of ether oxygens (including phenoxy) is 1. The summed E-state index contributed by atoms with van der Waals surface area (Å²) >= 11 is 1.74. The number of nitrogens with one attached hydrogen (secondary N) is 1. The minimum Gasteiger partial charge on any atom is -0.380 e. The Hall–Kier alpha value is -3.46. The van der Waals surface area contributed by atoms with E-state index in [0.717, 1.165) is 58.0 Å². The predicted molar refractivity (Wildman–Crippen MR) is 130 cm³/mol.